The summed E-state index contributed by atoms with van der Waals surface area (Å²) in [5.74, 6) is -0.374. The molecule has 0 radical (unpaired) electrons. The van der Waals surface area contributed by atoms with E-state index < -0.39 is 22.2 Å². The highest BCUT2D eigenvalue weighted by Gasteiger charge is 2.39. The average Bonchev–Trinajstić information content (AvgIpc) is 3.74. The molecule has 3 saturated heterocycles. The molecular weight excluding hydrogens is 966 g/mol. The van der Waals surface area contributed by atoms with Crippen molar-refractivity contribution in [2.75, 3.05) is 87.9 Å². The van der Waals surface area contributed by atoms with Crippen LogP contribution in [-0.2, 0) is 29.0 Å². The van der Waals surface area contributed by atoms with Crippen molar-refractivity contribution < 1.29 is 36.9 Å². The third-order valence-corrected chi connectivity index (χ3v) is 16.4. The number of hydrogen-bond donors (Lipinski definition) is 3. The molecule has 3 fully saturated rings. The molecule has 10 rings (SSSR count). The van der Waals surface area contributed by atoms with Gasteiger partial charge in [0.15, 0.2) is 6.29 Å². The summed E-state index contributed by atoms with van der Waals surface area (Å²) in [7, 11) is -2.71. The first-order valence-corrected chi connectivity index (χ1v) is 27.0. The number of benzene rings is 3. The Labute approximate surface area is 426 Å². The Balaban J connectivity index is 0.947. The fourth-order valence-electron chi connectivity index (χ4n) is 10.5. The maximum atomic E-state index is 14.6. The zero-order valence-corrected chi connectivity index (χ0v) is 42.9. The van der Waals surface area contributed by atoms with Gasteiger partial charge in [0.05, 0.1) is 71.5 Å². The van der Waals surface area contributed by atoms with Gasteiger partial charge in [0.1, 0.15) is 11.3 Å². The van der Waals surface area contributed by atoms with Crippen molar-refractivity contribution in [1.82, 2.24) is 19.6 Å². The van der Waals surface area contributed by atoms with Crippen molar-refractivity contribution in [2.24, 2.45) is 5.41 Å². The van der Waals surface area contributed by atoms with Gasteiger partial charge >= 0.3 is 0 Å². The number of rotatable bonds is 13. The number of allylic oxidation sites excluding steroid dienone is 1. The molecule has 2 aromatic heterocycles. The van der Waals surface area contributed by atoms with Crippen LogP contribution in [0.1, 0.15) is 74.7 Å². The van der Waals surface area contributed by atoms with Gasteiger partial charge in [0.25, 0.3) is 15.9 Å². The number of ether oxygens (including phenoxy) is 5. The van der Waals surface area contributed by atoms with E-state index in [1.54, 1.807) is 19.2 Å². The van der Waals surface area contributed by atoms with E-state index >= 15 is 0 Å². The molecule has 3 N–H and O–H groups in total. The second-order valence-corrected chi connectivity index (χ2v) is 22.5. The van der Waals surface area contributed by atoms with Crippen LogP contribution in [0.15, 0.2) is 89.5 Å². The Morgan fingerprint density at radius 2 is 1.76 bits per heavy atom. The summed E-state index contributed by atoms with van der Waals surface area (Å²) in [5.41, 5.74) is 7.67. The molecule has 6 heterocycles. The van der Waals surface area contributed by atoms with Gasteiger partial charge < -0.3 is 43.8 Å². The number of carbonyl (C=O) groups excluding carboxylic acids is 1. The fraction of sp³-hybridized carbons (Fsp3) is 0.472. The largest absolute Gasteiger partial charge is 0.476 e. The molecule has 2 unspecified atom stereocenters. The van der Waals surface area contributed by atoms with Crippen LogP contribution in [-0.4, -0.2) is 127 Å². The topological polar surface area (TPSA) is 160 Å². The summed E-state index contributed by atoms with van der Waals surface area (Å²) in [5, 5.41) is 5.07. The molecule has 3 aromatic carbocycles. The molecule has 5 aliphatic rings. The van der Waals surface area contributed by atoms with Crippen LogP contribution in [0.2, 0.25) is 10.0 Å². The number of aromatic nitrogens is 2. The summed E-state index contributed by atoms with van der Waals surface area (Å²) in [4.78, 5) is 29.3. The minimum Gasteiger partial charge on any atom is -0.476 e. The smallest absolute Gasteiger partial charge is 0.267 e. The number of H-pyrrole nitrogens is 1. The second kappa shape index (κ2) is 21.3. The molecule has 1 aliphatic carbocycles. The number of halogens is 2. The number of methoxy groups -OCH3 is 1. The monoisotopic (exact) mass is 1030 g/mol. The van der Waals surface area contributed by atoms with Crippen molar-refractivity contribution in [3.8, 4) is 5.88 Å². The number of hydrogen-bond acceptors (Lipinski definition) is 13. The number of pyridine rings is 1. The lowest BCUT2D eigenvalue weighted by Gasteiger charge is -2.47. The normalized spacial score (nSPS) is 22.5. The molecule has 15 nitrogen and oxygen atoms in total. The van der Waals surface area contributed by atoms with Crippen molar-refractivity contribution >= 4 is 78.5 Å². The van der Waals surface area contributed by atoms with Crippen molar-refractivity contribution in [1.29, 1.82) is 0 Å². The van der Waals surface area contributed by atoms with Gasteiger partial charge in [0.2, 0.25) is 5.88 Å². The van der Waals surface area contributed by atoms with Gasteiger partial charge in [-0.1, -0.05) is 54.8 Å². The predicted molar refractivity (Wildman–Crippen MR) is 278 cm³/mol. The fourth-order valence-corrected chi connectivity index (χ4v) is 11.9. The Hall–Kier alpha value is -4.91. The lowest BCUT2D eigenvalue weighted by molar-refractivity contribution is -0.209. The van der Waals surface area contributed by atoms with Crippen LogP contribution >= 0.6 is 23.2 Å². The zero-order valence-electron chi connectivity index (χ0n) is 40.6. The van der Waals surface area contributed by atoms with Crippen LogP contribution in [0.5, 0.6) is 5.88 Å². The number of aromatic amines is 1. The summed E-state index contributed by atoms with van der Waals surface area (Å²) < 4.78 is 60.8. The van der Waals surface area contributed by atoms with E-state index in [1.165, 1.54) is 28.8 Å². The highest BCUT2D eigenvalue weighted by atomic mass is 35.5. The Morgan fingerprint density at radius 1 is 0.930 bits per heavy atom. The number of carbonyl (C=O) groups is 1. The number of nitrogens with zero attached hydrogens (tertiary/aromatic N) is 4. The zero-order chi connectivity index (χ0) is 49.3. The quantitative estimate of drug-likeness (QED) is 0.103. The van der Waals surface area contributed by atoms with Crippen LogP contribution in [0.25, 0.3) is 16.6 Å². The van der Waals surface area contributed by atoms with E-state index in [0.717, 1.165) is 67.7 Å². The van der Waals surface area contributed by atoms with Crippen molar-refractivity contribution in [3.63, 3.8) is 0 Å². The molecule has 0 saturated carbocycles. The number of anilines is 4. The highest BCUT2D eigenvalue weighted by molar-refractivity contribution is 7.90. The van der Waals surface area contributed by atoms with Crippen LogP contribution in [0.4, 0.5) is 22.7 Å². The highest BCUT2D eigenvalue weighted by Crippen LogP contribution is 2.45. The third-order valence-electron chi connectivity index (χ3n) is 14.6. The molecule has 18 heteroatoms. The lowest BCUT2D eigenvalue weighted by Crippen LogP contribution is -2.60. The first-order chi connectivity index (χ1) is 34.3. The number of amides is 1. The Bertz CT molecular complexity index is 2870. The predicted octanol–water partition coefficient (Wildman–Crippen LogP) is 9.43. The summed E-state index contributed by atoms with van der Waals surface area (Å²) in [6.45, 7) is 10.6. The van der Waals surface area contributed by atoms with Crippen LogP contribution < -0.4 is 24.6 Å². The molecule has 1 amide bonds. The third kappa shape index (κ3) is 11.2. The second-order valence-electron chi connectivity index (χ2n) is 20.0. The Morgan fingerprint density at radius 3 is 2.54 bits per heavy atom. The van der Waals surface area contributed by atoms with Crippen molar-refractivity contribution in [2.45, 2.75) is 88.2 Å². The molecule has 71 heavy (non-hydrogen) atoms. The molecule has 3 atom stereocenters. The van der Waals surface area contributed by atoms with Gasteiger partial charge in [-0.15, -0.1) is 0 Å². The molecule has 0 spiro atoms. The average molecular weight is 1030 g/mol. The van der Waals surface area contributed by atoms with E-state index in [-0.39, 0.29) is 39.1 Å². The summed E-state index contributed by atoms with van der Waals surface area (Å²) in [6, 6.07) is 22.1. The summed E-state index contributed by atoms with van der Waals surface area (Å²) >= 11 is 13.0. The molecule has 4 aliphatic heterocycles. The minimum atomic E-state index is -4.39. The van der Waals surface area contributed by atoms with E-state index in [1.807, 2.05) is 47.5 Å². The number of fused-ring (bicyclic) bond motifs is 2. The van der Waals surface area contributed by atoms with E-state index in [2.05, 4.69) is 50.8 Å². The van der Waals surface area contributed by atoms with E-state index in [9.17, 15) is 13.2 Å². The van der Waals surface area contributed by atoms with Gasteiger partial charge in [0, 0.05) is 68.7 Å². The maximum Gasteiger partial charge on any atom is 0.267 e. The maximum absolute atomic E-state index is 14.6. The van der Waals surface area contributed by atoms with Gasteiger partial charge in [-0.25, -0.2) is 13.1 Å². The Kier molecular flexibility index (Phi) is 14.9. The van der Waals surface area contributed by atoms with Crippen molar-refractivity contribution in [3.05, 3.63) is 106 Å². The van der Waals surface area contributed by atoms with Gasteiger partial charge in [-0.3, -0.25) is 9.69 Å². The number of sulfonamides is 1. The lowest BCUT2D eigenvalue weighted by atomic mass is 9.72. The summed E-state index contributed by atoms with van der Waals surface area (Å²) in [6.07, 6.45) is 7.68. The van der Waals surface area contributed by atoms with Gasteiger partial charge in [-0.2, -0.15) is 4.98 Å². The molecule has 0 bridgehead atoms. The van der Waals surface area contributed by atoms with Crippen LogP contribution in [0, 0.1) is 5.41 Å². The van der Waals surface area contributed by atoms with Crippen LogP contribution in [0.3, 0.4) is 0 Å². The molecule has 5 aromatic rings. The SMILES string of the molecule is CO[C@H]1CCC(CNc2ccc(S(=O)(=O)NC(=O)c3ccc(N4CCN(CC5=C(c6ccc(Cl)cc6)CC(C)(C)CC5)C(C5OCCCO5)C4)cc3N3CCCOc4nc5[nH]ccc5cc43)cc2Cl)OC1. The first-order valence-electron chi connectivity index (χ1n) is 24.8. The standard InChI is InChI=1S/C53H63Cl2N7O8S/c1-53(2)18-16-36(43(29-53)34-6-8-37(54)9-7-34)31-61-22-21-60(32-48(61)52-68-24-5-25-69-52)38-10-14-42(46(27-38)62-20-4-23-67-51-47(62)26-35-17-19-56-49(35)58-51)50(63)59-71(64,65)41-13-15-45(44(55)28-41)57-30-39-11-12-40(66-3)33-70-39/h6-10,13-15,17,19,26-28,39-40,48,52,57H,4-5,11-12,16,18,20-25,29-33H2,1-3H3,(H,56,58)(H,59,63)/t39?,40-,48?/m0/s1. The first kappa shape index (κ1) is 49.7. The van der Waals surface area contributed by atoms with E-state index in [4.69, 9.17) is 51.9 Å². The minimum absolute atomic E-state index is 0.0359. The molecular formula is C53H63Cl2N7O8S. The van der Waals surface area contributed by atoms with E-state index in [0.29, 0.717) is 87.6 Å². The molecule has 378 valence electrons. The van der Waals surface area contributed by atoms with Gasteiger partial charge in [-0.05, 0) is 122 Å². The number of nitrogens with one attached hydrogen (secondary N) is 3. The number of piperazine rings is 1.